The number of carbonyl (C=O) groups is 1. The maximum Gasteiger partial charge on any atom is 0.230 e. The van der Waals surface area contributed by atoms with Gasteiger partial charge in [0, 0.05) is 15.8 Å². The molecular formula is C18H16Cl2N2OS. The minimum atomic E-state index is -0.107. The summed E-state index contributed by atoms with van der Waals surface area (Å²) >= 11 is 13.5. The van der Waals surface area contributed by atoms with Gasteiger partial charge in [0.1, 0.15) is 0 Å². The van der Waals surface area contributed by atoms with Gasteiger partial charge in [-0.05, 0) is 42.3 Å². The lowest BCUT2D eigenvalue weighted by Crippen LogP contribution is -2.28. The monoisotopic (exact) mass is 378 g/mol. The quantitative estimate of drug-likeness (QED) is 0.771. The smallest absolute Gasteiger partial charge is 0.230 e. The second kappa shape index (κ2) is 8.98. The van der Waals surface area contributed by atoms with E-state index in [1.54, 1.807) is 24.3 Å². The lowest BCUT2D eigenvalue weighted by molar-refractivity contribution is -0.119. The molecule has 2 aromatic carbocycles. The molecule has 0 aliphatic rings. The van der Waals surface area contributed by atoms with Gasteiger partial charge in [-0.25, -0.2) is 0 Å². The largest absolute Gasteiger partial charge is 0.349 e. The Labute approximate surface area is 156 Å². The standard InChI is InChI=1S/C18H16Cl2N2OS/c1-12(14-4-2-13(9-21)3-5-14)22-18(23)11-24-10-15-6-7-16(19)8-17(15)20/h2-8,12H,10-11H2,1H3,(H,22,23). The molecule has 1 atom stereocenters. The van der Waals surface area contributed by atoms with Crippen molar-refractivity contribution in [1.82, 2.24) is 5.32 Å². The van der Waals surface area contributed by atoms with Crippen LogP contribution in [0, 0.1) is 11.3 Å². The molecule has 0 spiro atoms. The Kier molecular flexibility index (Phi) is 6.99. The zero-order chi connectivity index (χ0) is 17.5. The molecule has 0 bridgehead atoms. The van der Waals surface area contributed by atoms with E-state index in [0.717, 1.165) is 11.1 Å². The van der Waals surface area contributed by atoms with Crippen LogP contribution in [-0.2, 0) is 10.5 Å². The van der Waals surface area contributed by atoms with Gasteiger partial charge in [-0.3, -0.25) is 4.79 Å². The van der Waals surface area contributed by atoms with Gasteiger partial charge in [0.15, 0.2) is 0 Å². The topological polar surface area (TPSA) is 52.9 Å². The van der Waals surface area contributed by atoms with Crippen molar-refractivity contribution >= 4 is 40.9 Å². The molecule has 0 aliphatic heterocycles. The first-order valence-electron chi connectivity index (χ1n) is 7.30. The summed E-state index contributed by atoms with van der Waals surface area (Å²) in [7, 11) is 0. The molecule has 0 fully saturated rings. The molecule has 1 amide bonds. The molecule has 1 N–H and O–H groups in total. The number of benzene rings is 2. The molecule has 2 rings (SSSR count). The van der Waals surface area contributed by atoms with Gasteiger partial charge in [-0.1, -0.05) is 41.4 Å². The van der Waals surface area contributed by atoms with E-state index in [4.69, 9.17) is 28.5 Å². The number of carbonyl (C=O) groups excluding carboxylic acids is 1. The number of thioether (sulfide) groups is 1. The van der Waals surface area contributed by atoms with Gasteiger partial charge in [0.05, 0.1) is 23.4 Å². The second-order valence-electron chi connectivity index (χ2n) is 5.25. The van der Waals surface area contributed by atoms with Crippen LogP contribution in [0.15, 0.2) is 42.5 Å². The van der Waals surface area contributed by atoms with Crippen molar-refractivity contribution in [3.05, 3.63) is 69.2 Å². The summed E-state index contributed by atoms with van der Waals surface area (Å²) in [6.07, 6.45) is 0. The number of hydrogen-bond donors (Lipinski definition) is 1. The summed E-state index contributed by atoms with van der Waals surface area (Å²) in [6.45, 7) is 1.92. The zero-order valence-electron chi connectivity index (χ0n) is 13.1. The van der Waals surface area contributed by atoms with Crippen LogP contribution in [0.25, 0.3) is 0 Å². The predicted octanol–water partition coefficient (Wildman–Crippen LogP) is 4.98. The fraction of sp³-hybridized carbons (Fsp3) is 0.222. The lowest BCUT2D eigenvalue weighted by atomic mass is 10.1. The number of hydrogen-bond acceptors (Lipinski definition) is 3. The molecule has 0 heterocycles. The number of nitrogens with zero attached hydrogens (tertiary/aromatic N) is 1. The van der Waals surface area contributed by atoms with Gasteiger partial charge in [-0.15, -0.1) is 11.8 Å². The predicted molar refractivity (Wildman–Crippen MR) is 100 cm³/mol. The lowest BCUT2D eigenvalue weighted by Gasteiger charge is -2.14. The van der Waals surface area contributed by atoms with Crippen molar-refractivity contribution in [3.8, 4) is 6.07 Å². The van der Waals surface area contributed by atoms with E-state index in [0.29, 0.717) is 27.1 Å². The first-order chi connectivity index (χ1) is 11.5. The van der Waals surface area contributed by atoms with Crippen molar-refractivity contribution in [1.29, 1.82) is 5.26 Å². The SMILES string of the molecule is CC(NC(=O)CSCc1ccc(Cl)cc1Cl)c1ccc(C#N)cc1. The van der Waals surface area contributed by atoms with E-state index < -0.39 is 0 Å². The molecule has 0 aromatic heterocycles. The number of nitriles is 1. The van der Waals surface area contributed by atoms with Crippen LogP contribution in [0.3, 0.4) is 0 Å². The fourth-order valence-corrected chi connectivity index (χ4v) is 3.50. The van der Waals surface area contributed by atoms with Crippen LogP contribution in [0.4, 0.5) is 0 Å². The number of halogens is 2. The van der Waals surface area contributed by atoms with Crippen molar-refractivity contribution in [2.45, 2.75) is 18.7 Å². The first kappa shape index (κ1) is 18.7. The highest BCUT2D eigenvalue weighted by Gasteiger charge is 2.10. The first-order valence-corrected chi connectivity index (χ1v) is 9.21. The highest BCUT2D eigenvalue weighted by atomic mass is 35.5. The average molecular weight is 379 g/mol. The van der Waals surface area contributed by atoms with Crippen molar-refractivity contribution in [3.63, 3.8) is 0 Å². The summed E-state index contributed by atoms with van der Waals surface area (Å²) in [5, 5.41) is 13.0. The second-order valence-corrected chi connectivity index (χ2v) is 7.08. The number of rotatable bonds is 6. The average Bonchev–Trinajstić information content (AvgIpc) is 2.57. The van der Waals surface area contributed by atoms with Crippen LogP contribution in [0.2, 0.25) is 10.0 Å². The maximum atomic E-state index is 12.0. The highest BCUT2D eigenvalue weighted by Crippen LogP contribution is 2.24. The van der Waals surface area contributed by atoms with Gasteiger partial charge in [0.25, 0.3) is 0 Å². The van der Waals surface area contributed by atoms with E-state index in [-0.39, 0.29) is 11.9 Å². The van der Waals surface area contributed by atoms with E-state index in [9.17, 15) is 4.79 Å². The minimum Gasteiger partial charge on any atom is -0.349 e. The molecule has 0 aliphatic carbocycles. The normalized spacial score (nSPS) is 11.6. The third kappa shape index (κ3) is 5.45. The molecule has 0 saturated carbocycles. The number of nitrogens with one attached hydrogen (secondary N) is 1. The number of amides is 1. The van der Waals surface area contributed by atoms with Crippen molar-refractivity contribution in [2.24, 2.45) is 0 Å². The Balaban J connectivity index is 1.81. The third-order valence-electron chi connectivity index (χ3n) is 3.42. The minimum absolute atomic E-state index is 0.0399. The summed E-state index contributed by atoms with van der Waals surface area (Å²) in [6, 6.07) is 14.5. The molecule has 3 nitrogen and oxygen atoms in total. The molecule has 24 heavy (non-hydrogen) atoms. The Hall–Kier alpha value is -1.67. The Bertz CT molecular complexity index is 757. The van der Waals surface area contributed by atoms with E-state index in [2.05, 4.69) is 11.4 Å². The van der Waals surface area contributed by atoms with Crippen molar-refractivity contribution in [2.75, 3.05) is 5.75 Å². The van der Waals surface area contributed by atoms with Crippen molar-refractivity contribution < 1.29 is 4.79 Å². The zero-order valence-corrected chi connectivity index (χ0v) is 15.4. The van der Waals surface area contributed by atoms with Crippen LogP contribution >= 0.6 is 35.0 Å². The van der Waals surface area contributed by atoms with Gasteiger partial charge in [0.2, 0.25) is 5.91 Å². The summed E-state index contributed by atoms with van der Waals surface area (Å²) in [4.78, 5) is 12.0. The van der Waals surface area contributed by atoms with Crippen LogP contribution in [0.1, 0.15) is 29.7 Å². The van der Waals surface area contributed by atoms with Gasteiger partial charge >= 0.3 is 0 Å². The van der Waals surface area contributed by atoms with E-state index in [1.807, 2.05) is 25.1 Å². The Morgan fingerprint density at radius 1 is 1.25 bits per heavy atom. The molecule has 0 radical (unpaired) electrons. The van der Waals surface area contributed by atoms with Gasteiger partial charge < -0.3 is 5.32 Å². The molecule has 2 aromatic rings. The fourth-order valence-electron chi connectivity index (χ4n) is 2.11. The van der Waals surface area contributed by atoms with E-state index >= 15 is 0 Å². The summed E-state index contributed by atoms with van der Waals surface area (Å²) in [5.74, 6) is 0.954. The Morgan fingerprint density at radius 2 is 1.96 bits per heavy atom. The molecule has 1 unspecified atom stereocenters. The summed E-state index contributed by atoms with van der Waals surface area (Å²) in [5.41, 5.74) is 2.53. The van der Waals surface area contributed by atoms with Gasteiger partial charge in [-0.2, -0.15) is 5.26 Å². The highest BCUT2D eigenvalue weighted by molar-refractivity contribution is 7.99. The molecule has 6 heteroatoms. The van der Waals surface area contributed by atoms with Crippen LogP contribution < -0.4 is 5.32 Å². The molecule has 0 saturated heterocycles. The van der Waals surface area contributed by atoms with Crippen LogP contribution in [-0.4, -0.2) is 11.7 Å². The summed E-state index contributed by atoms with van der Waals surface area (Å²) < 4.78 is 0. The molecular weight excluding hydrogens is 363 g/mol. The van der Waals surface area contributed by atoms with E-state index in [1.165, 1.54) is 11.8 Å². The maximum absolute atomic E-state index is 12.0. The van der Waals surface area contributed by atoms with Crippen LogP contribution in [0.5, 0.6) is 0 Å². The third-order valence-corrected chi connectivity index (χ3v) is 4.99. The Morgan fingerprint density at radius 3 is 2.58 bits per heavy atom. The molecule has 124 valence electrons.